The summed E-state index contributed by atoms with van der Waals surface area (Å²) in [5.41, 5.74) is -0.402. The standard InChI is InChI=1S/C36H53ClFN4O5SSi/c1-34(2,3)22-48(46,47)27-13-24(18-39-33(44)17-35(4,5)45)40-32(14-27)42-25-10-11-26(42)20-41(19-25)21-31(43)28-12-23(30(38)15-29(28)37)16-36(6,7)49(8)9/h12-15,25-26,45H,10-11,16-22H2,1-9H3,(H,39,44)/q-1. The first-order valence-corrected chi connectivity index (χ1v) is 21.5. The fourth-order valence-corrected chi connectivity index (χ4v) is 9.33. The number of hydrogen-bond acceptors (Lipinski definition) is 8. The molecule has 0 spiro atoms. The Kier molecular flexibility index (Phi) is 11.8. The quantitative estimate of drug-likeness (QED) is 0.188. The first-order valence-electron chi connectivity index (χ1n) is 17.0. The summed E-state index contributed by atoms with van der Waals surface area (Å²) in [6.45, 7) is 18.7. The van der Waals surface area contributed by atoms with E-state index in [9.17, 15) is 27.5 Å². The number of Topliss-reactive ketones (excluding diaryl/α,β-unsaturated/α-hetero) is 1. The molecule has 1 amide bonds. The normalized spacial score (nSPS) is 19.1. The highest BCUT2D eigenvalue weighted by Crippen LogP contribution is 2.37. The number of nitrogens with zero attached hydrogens (tertiary/aromatic N) is 3. The molecule has 4 rings (SSSR count). The fourth-order valence-electron chi connectivity index (χ4n) is 6.62. The molecule has 0 saturated carbocycles. The van der Waals surface area contributed by atoms with Crippen molar-refractivity contribution in [3.05, 3.63) is 51.9 Å². The van der Waals surface area contributed by atoms with Crippen LogP contribution in [-0.4, -0.2) is 87.0 Å². The van der Waals surface area contributed by atoms with Crippen LogP contribution in [0.2, 0.25) is 23.2 Å². The van der Waals surface area contributed by atoms with Crippen molar-refractivity contribution >= 4 is 47.7 Å². The number of aliphatic hydroxyl groups is 1. The van der Waals surface area contributed by atoms with Crippen LogP contribution in [0.1, 0.15) is 89.3 Å². The van der Waals surface area contributed by atoms with Crippen LogP contribution in [0.4, 0.5) is 10.2 Å². The van der Waals surface area contributed by atoms with Crippen molar-refractivity contribution in [2.24, 2.45) is 5.41 Å². The highest BCUT2D eigenvalue weighted by atomic mass is 35.5. The van der Waals surface area contributed by atoms with E-state index in [1.165, 1.54) is 12.1 Å². The van der Waals surface area contributed by atoms with Crippen LogP contribution < -0.4 is 10.2 Å². The molecule has 2 aliphatic heterocycles. The summed E-state index contributed by atoms with van der Waals surface area (Å²) in [6, 6.07) is 6.04. The number of carbonyl (C=O) groups excluding carboxylic acids is 2. The van der Waals surface area contributed by atoms with Gasteiger partial charge in [-0.3, -0.25) is 23.3 Å². The third-order valence-corrected chi connectivity index (χ3v) is 14.9. The molecular weight excluding hydrogens is 683 g/mol. The van der Waals surface area contributed by atoms with Crippen molar-refractivity contribution < 1.29 is 27.5 Å². The predicted molar refractivity (Wildman–Crippen MR) is 195 cm³/mol. The number of pyridine rings is 1. The number of ketones is 1. The van der Waals surface area contributed by atoms with Gasteiger partial charge in [0.25, 0.3) is 0 Å². The van der Waals surface area contributed by atoms with Gasteiger partial charge in [0.2, 0.25) is 5.91 Å². The van der Waals surface area contributed by atoms with Crippen molar-refractivity contribution in [2.45, 2.75) is 121 Å². The average molecular weight is 736 g/mol. The first kappa shape index (κ1) is 39.4. The summed E-state index contributed by atoms with van der Waals surface area (Å²) in [6.07, 6.45) is 2.13. The van der Waals surface area contributed by atoms with Crippen molar-refractivity contribution in [3.63, 3.8) is 0 Å². The number of aromatic nitrogens is 1. The number of carbonyl (C=O) groups is 2. The Morgan fingerprint density at radius 1 is 1.04 bits per heavy atom. The van der Waals surface area contributed by atoms with E-state index in [1.807, 2.05) is 20.8 Å². The summed E-state index contributed by atoms with van der Waals surface area (Å²) in [4.78, 5) is 35.4. The van der Waals surface area contributed by atoms with Gasteiger partial charge >= 0.3 is 0 Å². The average Bonchev–Trinajstić information content (AvgIpc) is 3.20. The van der Waals surface area contributed by atoms with Crippen LogP contribution in [-0.2, 0) is 27.6 Å². The highest BCUT2D eigenvalue weighted by molar-refractivity contribution is 7.91. The van der Waals surface area contributed by atoms with Gasteiger partial charge in [0.05, 0.1) is 46.5 Å². The largest absolute Gasteiger partial charge is 0.390 e. The molecule has 2 fully saturated rings. The second-order valence-corrected chi connectivity index (χ2v) is 22.4. The van der Waals surface area contributed by atoms with Crippen LogP contribution >= 0.6 is 11.6 Å². The maximum atomic E-state index is 15.0. The van der Waals surface area contributed by atoms with Gasteiger partial charge in [-0.25, -0.2) is 17.8 Å². The number of amides is 1. The molecule has 13 heteroatoms. The third kappa shape index (κ3) is 10.3. The lowest BCUT2D eigenvalue weighted by Gasteiger charge is -2.42. The molecule has 49 heavy (non-hydrogen) atoms. The first-order chi connectivity index (χ1) is 22.4. The fraction of sp³-hybridized carbons (Fsp3) is 0.639. The smallest absolute Gasteiger partial charge is 0.223 e. The van der Waals surface area contributed by atoms with Crippen LogP contribution in [0, 0.1) is 11.2 Å². The van der Waals surface area contributed by atoms with E-state index in [4.69, 9.17) is 16.6 Å². The molecule has 3 heterocycles. The summed E-state index contributed by atoms with van der Waals surface area (Å²) < 4.78 is 42.1. The second-order valence-electron chi connectivity index (χ2n) is 16.6. The predicted octanol–water partition coefficient (Wildman–Crippen LogP) is 6.08. The van der Waals surface area contributed by atoms with Crippen LogP contribution in [0.15, 0.2) is 29.2 Å². The zero-order chi connectivity index (χ0) is 36.7. The number of likely N-dealkylation sites (tertiary alicyclic amines) is 1. The van der Waals surface area contributed by atoms with Crippen molar-refractivity contribution in [1.82, 2.24) is 15.2 Å². The highest BCUT2D eigenvalue weighted by Gasteiger charge is 2.42. The van der Waals surface area contributed by atoms with E-state index in [-0.39, 0.29) is 69.8 Å². The lowest BCUT2D eigenvalue weighted by atomic mass is 9.97. The van der Waals surface area contributed by atoms with Gasteiger partial charge in [0, 0.05) is 30.7 Å². The lowest BCUT2D eigenvalue weighted by Crippen LogP contribution is -2.55. The maximum absolute atomic E-state index is 15.0. The number of sulfone groups is 1. The molecule has 2 aromatic rings. The molecule has 2 bridgehead atoms. The number of piperazine rings is 1. The minimum Gasteiger partial charge on any atom is -0.390 e. The number of nitrogens with one attached hydrogen (secondary N) is 1. The molecule has 1 aromatic heterocycles. The van der Waals surface area contributed by atoms with Gasteiger partial charge in [0.15, 0.2) is 15.6 Å². The molecule has 2 aliphatic rings. The topological polar surface area (TPSA) is 120 Å². The van der Waals surface area contributed by atoms with Crippen molar-refractivity contribution in [3.8, 4) is 0 Å². The zero-order valence-electron chi connectivity index (χ0n) is 30.4. The maximum Gasteiger partial charge on any atom is 0.223 e. The Balaban J connectivity index is 1.56. The minimum atomic E-state index is -3.68. The van der Waals surface area contributed by atoms with Crippen molar-refractivity contribution in [2.75, 3.05) is 30.3 Å². The molecular formula is C36H53ClFN4O5SSi-. The van der Waals surface area contributed by atoms with Gasteiger partial charge in [-0.05, 0) is 61.9 Å². The van der Waals surface area contributed by atoms with E-state index in [2.05, 4.69) is 42.1 Å². The van der Waals surface area contributed by atoms with E-state index in [1.54, 1.807) is 26.0 Å². The number of fused-ring (bicyclic) bond motifs is 2. The summed E-state index contributed by atoms with van der Waals surface area (Å²) >= 11 is 6.43. The summed E-state index contributed by atoms with van der Waals surface area (Å²) in [7, 11) is -4.40. The van der Waals surface area contributed by atoms with Gasteiger partial charge in [-0.15, -0.1) is 0 Å². The molecule has 272 valence electrons. The van der Waals surface area contributed by atoms with Gasteiger partial charge < -0.3 is 15.3 Å². The summed E-state index contributed by atoms with van der Waals surface area (Å²) in [5.74, 6) is -0.439. The number of rotatable bonds is 13. The molecule has 0 radical (unpaired) electrons. The Labute approximate surface area is 298 Å². The second kappa shape index (κ2) is 14.7. The van der Waals surface area contributed by atoms with Crippen LogP contribution in [0.3, 0.4) is 0 Å². The third-order valence-electron chi connectivity index (χ3n) is 9.49. The molecule has 2 unspecified atom stereocenters. The van der Waals surface area contributed by atoms with E-state index < -0.39 is 29.7 Å². The minimum absolute atomic E-state index is 0.00743. The summed E-state index contributed by atoms with van der Waals surface area (Å²) in [5, 5.41) is 12.9. The van der Waals surface area contributed by atoms with Gasteiger partial charge in [-0.1, -0.05) is 52.6 Å². The van der Waals surface area contributed by atoms with Crippen molar-refractivity contribution in [1.29, 1.82) is 0 Å². The Morgan fingerprint density at radius 3 is 2.20 bits per heavy atom. The molecule has 2 saturated heterocycles. The Hall–Kier alpha value is -2.38. The monoisotopic (exact) mass is 735 g/mol. The van der Waals surface area contributed by atoms with Crippen LogP contribution in [0.5, 0.6) is 0 Å². The van der Waals surface area contributed by atoms with E-state index in [0.717, 1.165) is 12.8 Å². The zero-order valence-corrected chi connectivity index (χ0v) is 33.0. The Bertz CT molecular complexity index is 1660. The number of halogens is 2. The number of hydrogen-bond donors (Lipinski definition) is 2. The van der Waals surface area contributed by atoms with E-state index in [0.29, 0.717) is 42.1 Å². The van der Waals surface area contributed by atoms with E-state index >= 15 is 0 Å². The van der Waals surface area contributed by atoms with Gasteiger partial charge in [0.1, 0.15) is 11.6 Å². The molecule has 9 nitrogen and oxygen atoms in total. The number of anilines is 1. The molecule has 0 aliphatic carbocycles. The lowest BCUT2D eigenvalue weighted by molar-refractivity contribution is -0.125. The SMILES string of the molecule is C[Si-](C)C(C)(C)Cc1cc(C(=O)CN2CC3CCC(C2)N3c2cc(S(=O)(=O)CC(C)(C)C)cc(CNC(=O)CC(C)(C)O)n2)c(Cl)cc1F. The molecule has 2 N–H and O–H groups in total. The number of benzene rings is 1. The Morgan fingerprint density at radius 2 is 1.65 bits per heavy atom. The van der Waals surface area contributed by atoms with Gasteiger partial charge in [-0.2, -0.15) is 18.1 Å². The molecule has 1 aromatic carbocycles. The molecule has 2 atom stereocenters. The van der Waals surface area contributed by atoms with Crippen LogP contribution in [0.25, 0.3) is 0 Å².